The van der Waals surface area contributed by atoms with Gasteiger partial charge in [-0.05, 0) is 17.7 Å². The predicted molar refractivity (Wildman–Crippen MR) is 78.7 cm³/mol. The van der Waals surface area contributed by atoms with Crippen LogP contribution in [0.4, 0.5) is 0 Å². The average molecular weight is 311 g/mol. The molecular formula is C10H14Cl3N5. The van der Waals surface area contributed by atoms with Crippen molar-refractivity contribution in [3.8, 4) is 0 Å². The van der Waals surface area contributed by atoms with Crippen molar-refractivity contribution in [1.82, 2.24) is 4.90 Å². The molecule has 0 fully saturated rings. The summed E-state index contributed by atoms with van der Waals surface area (Å²) in [7, 11) is 1.71. The minimum atomic E-state index is -0.143. The monoisotopic (exact) mass is 309 g/mol. The third-order valence-electron chi connectivity index (χ3n) is 2.00. The lowest BCUT2D eigenvalue weighted by Gasteiger charge is -2.17. The molecule has 5 nitrogen and oxygen atoms in total. The topological polar surface area (TPSA) is 91.5 Å². The second-order valence-electron chi connectivity index (χ2n) is 3.46. The molecule has 0 aliphatic heterocycles. The van der Waals surface area contributed by atoms with Gasteiger partial charge in [0.1, 0.15) is 0 Å². The van der Waals surface area contributed by atoms with E-state index in [9.17, 15) is 0 Å². The van der Waals surface area contributed by atoms with Crippen LogP contribution in [-0.4, -0.2) is 23.9 Å². The molecule has 0 heterocycles. The summed E-state index contributed by atoms with van der Waals surface area (Å²) in [6.45, 7) is 0.465. The van der Waals surface area contributed by atoms with Gasteiger partial charge < -0.3 is 16.4 Å². The maximum Gasteiger partial charge on any atom is 0.221 e. The van der Waals surface area contributed by atoms with Gasteiger partial charge in [-0.25, -0.2) is 0 Å². The van der Waals surface area contributed by atoms with E-state index in [4.69, 9.17) is 40.1 Å². The quantitative estimate of drug-likeness (QED) is 0.576. The van der Waals surface area contributed by atoms with Crippen molar-refractivity contribution < 1.29 is 0 Å². The fourth-order valence-electron chi connectivity index (χ4n) is 1.19. The van der Waals surface area contributed by atoms with E-state index in [2.05, 4.69) is 4.99 Å². The Morgan fingerprint density at radius 1 is 1.33 bits per heavy atom. The largest absolute Gasteiger partial charge is 0.370 e. The Balaban J connectivity index is 0.00000289. The molecule has 0 saturated heterocycles. The molecule has 0 amide bonds. The first kappa shape index (κ1) is 16.8. The van der Waals surface area contributed by atoms with Gasteiger partial charge in [0.2, 0.25) is 5.96 Å². The van der Waals surface area contributed by atoms with E-state index < -0.39 is 0 Å². The second kappa shape index (κ2) is 7.31. The van der Waals surface area contributed by atoms with Gasteiger partial charge in [0.05, 0.1) is 10.0 Å². The summed E-state index contributed by atoms with van der Waals surface area (Å²) in [5.41, 5.74) is 11.3. The summed E-state index contributed by atoms with van der Waals surface area (Å²) in [5, 5.41) is 8.56. The molecular weight excluding hydrogens is 297 g/mol. The van der Waals surface area contributed by atoms with Crippen LogP contribution < -0.4 is 11.5 Å². The molecule has 1 aromatic carbocycles. The zero-order valence-electron chi connectivity index (χ0n) is 9.65. The van der Waals surface area contributed by atoms with Gasteiger partial charge in [0, 0.05) is 13.6 Å². The molecule has 0 spiro atoms. The molecule has 0 saturated carbocycles. The summed E-state index contributed by atoms with van der Waals surface area (Å²) in [5.74, 6) is -0.160. The number of halogens is 3. The molecule has 0 aromatic heterocycles. The maximum absolute atomic E-state index is 7.59. The molecule has 0 radical (unpaired) electrons. The van der Waals surface area contributed by atoms with Gasteiger partial charge in [0.25, 0.3) is 0 Å². The zero-order chi connectivity index (χ0) is 13.0. The van der Waals surface area contributed by atoms with Crippen molar-refractivity contribution in [1.29, 1.82) is 5.41 Å². The van der Waals surface area contributed by atoms with E-state index >= 15 is 0 Å². The highest BCUT2D eigenvalue weighted by Crippen LogP contribution is 2.23. The number of benzene rings is 1. The van der Waals surface area contributed by atoms with Crippen molar-refractivity contribution in [2.75, 3.05) is 7.05 Å². The summed E-state index contributed by atoms with van der Waals surface area (Å²) < 4.78 is 0. The van der Waals surface area contributed by atoms with Crippen LogP contribution in [0.2, 0.25) is 10.0 Å². The number of aliphatic imine (C=N–C) groups is 1. The van der Waals surface area contributed by atoms with E-state index in [1.807, 2.05) is 6.07 Å². The number of hydrogen-bond donors (Lipinski definition) is 3. The summed E-state index contributed by atoms with van der Waals surface area (Å²) in [4.78, 5) is 5.22. The summed E-state index contributed by atoms with van der Waals surface area (Å²) in [6.07, 6.45) is 0. The van der Waals surface area contributed by atoms with Gasteiger partial charge in [-0.1, -0.05) is 29.3 Å². The van der Waals surface area contributed by atoms with E-state index in [0.717, 1.165) is 5.56 Å². The lowest BCUT2D eigenvalue weighted by Crippen LogP contribution is -2.30. The molecule has 5 N–H and O–H groups in total. The second-order valence-corrected chi connectivity index (χ2v) is 4.28. The maximum atomic E-state index is 7.59. The van der Waals surface area contributed by atoms with E-state index in [1.54, 1.807) is 24.1 Å². The normalized spacial score (nSPS) is 9.28. The van der Waals surface area contributed by atoms with Gasteiger partial charge in [-0.2, -0.15) is 4.99 Å². The lowest BCUT2D eigenvalue weighted by molar-refractivity contribution is 0.491. The molecule has 0 unspecified atom stereocenters. The van der Waals surface area contributed by atoms with Gasteiger partial charge in [-0.3, -0.25) is 5.41 Å². The Hall–Kier alpha value is -1.17. The summed E-state index contributed by atoms with van der Waals surface area (Å²) in [6, 6.07) is 5.27. The molecule has 0 atom stereocenters. The van der Waals surface area contributed by atoms with Gasteiger partial charge in [0.15, 0.2) is 5.96 Å². The molecule has 1 rings (SSSR count). The number of guanidine groups is 2. The van der Waals surface area contributed by atoms with Crippen LogP contribution in [0.1, 0.15) is 5.56 Å². The highest BCUT2D eigenvalue weighted by Gasteiger charge is 2.06. The fraction of sp³-hybridized carbons (Fsp3) is 0.200. The van der Waals surface area contributed by atoms with Crippen molar-refractivity contribution in [2.45, 2.75) is 6.54 Å². The third-order valence-corrected chi connectivity index (χ3v) is 2.74. The first-order chi connectivity index (χ1) is 7.90. The Bertz CT molecular complexity index is 457. The van der Waals surface area contributed by atoms with E-state index in [0.29, 0.717) is 16.6 Å². The first-order valence-corrected chi connectivity index (χ1v) is 5.49. The van der Waals surface area contributed by atoms with Crippen LogP contribution in [0, 0.1) is 5.41 Å². The fourth-order valence-corrected chi connectivity index (χ4v) is 1.52. The number of nitrogens with two attached hydrogens (primary N) is 2. The Morgan fingerprint density at radius 2 is 1.94 bits per heavy atom. The van der Waals surface area contributed by atoms with Crippen molar-refractivity contribution >= 4 is 47.5 Å². The van der Waals surface area contributed by atoms with E-state index in [-0.39, 0.29) is 24.3 Å². The van der Waals surface area contributed by atoms with Crippen molar-refractivity contribution in [3.63, 3.8) is 0 Å². The molecule has 100 valence electrons. The highest BCUT2D eigenvalue weighted by atomic mass is 35.5. The van der Waals surface area contributed by atoms with Crippen LogP contribution >= 0.6 is 35.6 Å². The minimum Gasteiger partial charge on any atom is -0.370 e. The SMILES string of the molecule is CN(Cc1ccc(Cl)c(Cl)c1)C(=N)N=C(N)N.Cl. The molecule has 8 heteroatoms. The van der Waals surface area contributed by atoms with Crippen LogP contribution in [-0.2, 0) is 6.54 Å². The first-order valence-electron chi connectivity index (χ1n) is 4.73. The number of rotatable bonds is 2. The standard InChI is InChI=1S/C10H13Cl2N5.ClH/c1-17(10(15)16-9(13)14)5-6-2-3-7(11)8(12)4-6;/h2-4H,5H2,1H3,(H5,13,14,15,16);1H. The molecule has 0 aliphatic carbocycles. The molecule has 18 heavy (non-hydrogen) atoms. The number of hydrogen-bond acceptors (Lipinski definition) is 1. The highest BCUT2D eigenvalue weighted by molar-refractivity contribution is 6.42. The number of nitrogens with one attached hydrogen (secondary N) is 1. The zero-order valence-corrected chi connectivity index (χ0v) is 12.0. The molecule has 1 aromatic rings. The van der Waals surface area contributed by atoms with Crippen molar-refractivity contribution in [3.05, 3.63) is 33.8 Å². The smallest absolute Gasteiger partial charge is 0.221 e. The van der Waals surface area contributed by atoms with Gasteiger partial charge >= 0.3 is 0 Å². The molecule has 0 bridgehead atoms. The molecule has 0 aliphatic rings. The van der Waals surface area contributed by atoms with Crippen molar-refractivity contribution in [2.24, 2.45) is 16.5 Å². The Morgan fingerprint density at radius 3 is 2.44 bits per heavy atom. The lowest BCUT2D eigenvalue weighted by atomic mass is 10.2. The van der Waals surface area contributed by atoms with Gasteiger partial charge in [-0.15, -0.1) is 12.4 Å². The van der Waals surface area contributed by atoms with Crippen LogP contribution in [0.3, 0.4) is 0 Å². The Labute approximate surface area is 122 Å². The Kier molecular flexibility index (Phi) is 6.83. The minimum absolute atomic E-state index is 0. The van der Waals surface area contributed by atoms with E-state index in [1.165, 1.54) is 0 Å². The number of nitrogens with zero attached hydrogens (tertiary/aromatic N) is 2. The average Bonchev–Trinajstić information content (AvgIpc) is 2.22. The van der Waals surface area contributed by atoms with Crippen LogP contribution in [0.15, 0.2) is 23.2 Å². The van der Waals surface area contributed by atoms with Crippen LogP contribution in [0.25, 0.3) is 0 Å². The summed E-state index contributed by atoms with van der Waals surface area (Å²) >= 11 is 11.7. The van der Waals surface area contributed by atoms with Crippen LogP contribution in [0.5, 0.6) is 0 Å². The predicted octanol–water partition coefficient (Wildman–Crippen LogP) is 2.06. The third kappa shape index (κ3) is 5.00.